The third-order valence-electron chi connectivity index (χ3n) is 1.35. The number of nitrogen functional groups attached to an aromatic ring is 1. The number of anilines is 1. The minimum atomic E-state index is -0.569. The van der Waals surface area contributed by atoms with Crippen molar-refractivity contribution in [2.75, 3.05) is 5.43 Å². The third kappa shape index (κ3) is 1.43. The Morgan fingerprint density at radius 3 is 2.75 bits per heavy atom. The number of nitrogens with two attached hydrogens (primary N) is 1. The molecule has 0 bridgehead atoms. The molecule has 0 fully saturated rings. The molecule has 0 saturated heterocycles. The number of nitrogens with zero attached hydrogens (tertiary/aromatic N) is 1. The molecular formula is C6H7N3O3. The number of benzene rings is 1. The van der Waals surface area contributed by atoms with Gasteiger partial charge in [0.2, 0.25) is 0 Å². The first kappa shape index (κ1) is 8.28. The lowest BCUT2D eigenvalue weighted by Gasteiger charge is -2.01. The summed E-state index contributed by atoms with van der Waals surface area (Å²) in [5.74, 6) is 4.86. The van der Waals surface area contributed by atoms with Crippen LogP contribution in [0.4, 0.5) is 11.4 Å². The van der Waals surface area contributed by atoms with Crippen LogP contribution in [0.15, 0.2) is 18.2 Å². The van der Waals surface area contributed by atoms with Crippen molar-refractivity contribution in [2.45, 2.75) is 0 Å². The van der Waals surface area contributed by atoms with Gasteiger partial charge in [-0.25, -0.2) is 0 Å². The van der Waals surface area contributed by atoms with Crippen LogP contribution in [0.25, 0.3) is 0 Å². The quantitative estimate of drug-likeness (QED) is 0.260. The van der Waals surface area contributed by atoms with Gasteiger partial charge in [-0.05, 0) is 6.07 Å². The lowest BCUT2D eigenvalue weighted by molar-refractivity contribution is -0.384. The minimum Gasteiger partial charge on any atom is -0.506 e. The molecule has 0 amide bonds. The molecule has 0 aliphatic rings. The highest BCUT2D eigenvalue weighted by Crippen LogP contribution is 2.26. The Morgan fingerprint density at radius 1 is 1.58 bits per heavy atom. The Bertz CT molecular complexity index is 313. The highest BCUT2D eigenvalue weighted by Gasteiger charge is 2.08. The summed E-state index contributed by atoms with van der Waals surface area (Å²) in [6.07, 6.45) is 0. The molecule has 0 atom stereocenters. The number of phenolic OH excluding ortho intramolecular Hbond substituents is 1. The maximum atomic E-state index is 10.2. The molecule has 0 aliphatic carbocycles. The van der Waals surface area contributed by atoms with Gasteiger partial charge in [0.1, 0.15) is 5.75 Å². The van der Waals surface area contributed by atoms with Gasteiger partial charge in [-0.3, -0.25) is 16.0 Å². The number of aromatic hydroxyl groups is 1. The zero-order valence-corrected chi connectivity index (χ0v) is 6.02. The molecule has 0 spiro atoms. The van der Waals surface area contributed by atoms with Gasteiger partial charge in [-0.15, -0.1) is 0 Å². The number of rotatable bonds is 2. The zero-order chi connectivity index (χ0) is 9.14. The second-order valence-corrected chi connectivity index (χ2v) is 2.10. The Hall–Kier alpha value is -1.82. The van der Waals surface area contributed by atoms with Gasteiger partial charge in [-0.1, -0.05) is 0 Å². The number of nitro benzene ring substituents is 1. The van der Waals surface area contributed by atoms with Crippen molar-refractivity contribution in [2.24, 2.45) is 5.84 Å². The van der Waals surface area contributed by atoms with E-state index < -0.39 is 4.92 Å². The predicted molar refractivity (Wildman–Crippen MR) is 42.6 cm³/mol. The van der Waals surface area contributed by atoms with Gasteiger partial charge in [-0.2, -0.15) is 0 Å². The summed E-state index contributed by atoms with van der Waals surface area (Å²) < 4.78 is 0. The van der Waals surface area contributed by atoms with E-state index in [0.717, 1.165) is 6.07 Å². The van der Waals surface area contributed by atoms with E-state index in [2.05, 4.69) is 5.43 Å². The third-order valence-corrected chi connectivity index (χ3v) is 1.35. The fourth-order valence-corrected chi connectivity index (χ4v) is 0.753. The molecule has 0 heterocycles. The van der Waals surface area contributed by atoms with Crippen molar-refractivity contribution >= 4 is 11.4 Å². The molecule has 4 N–H and O–H groups in total. The Balaban J connectivity index is 3.13. The van der Waals surface area contributed by atoms with E-state index in [0.29, 0.717) is 0 Å². The van der Waals surface area contributed by atoms with Crippen LogP contribution >= 0.6 is 0 Å². The SMILES string of the molecule is NNc1cc([N+](=O)[O-])ccc1O. The van der Waals surface area contributed by atoms with E-state index in [-0.39, 0.29) is 17.1 Å². The molecule has 0 radical (unpaired) electrons. The molecule has 12 heavy (non-hydrogen) atoms. The molecule has 1 aromatic rings. The van der Waals surface area contributed by atoms with E-state index in [9.17, 15) is 10.1 Å². The second kappa shape index (κ2) is 3.05. The molecular weight excluding hydrogens is 162 g/mol. The average Bonchev–Trinajstić information content (AvgIpc) is 2.05. The molecule has 6 nitrogen and oxygen atoms in total. The fraction of sp³-hybridized carbons (Fsp3) is 0. The first-order chi connectivity index (χ1) is 5.65. The normalized spacial score (nSPS) is 9.42. The first-order valence-corrected chi connectivity index (χ1v) is 3.09. The molecule has 0 saturated carbocycles. The number of hydrogen-bond donors (Lipinski definition) is 3. The van der Waals surface area contributed by atoms with Crippen LogP contribution in [-0.4, -0.2) is 10.0 Å². The van der Waals surface area contributed by atoms with Crippen LogP contribution < -0.4 is 11.3 Å². The summed E-state index contributed by atoms with van der Waals surface area (Å²) in [4.78, 5) is 9.67. The summed E-state index contributed by atoms with van der Waals surface area (Å²) in [5.41, 5.74) is 2.14. The highest BCUT2D eigenvalue weighted by molar-refractivity contribution is 5.59. The summed E-state index contributed by atoms with van der Waals surface area (Å²) in [6, 6.07) is 3.54. The number of nitrogens with one attached hydrogen (secondary N) is 1. The maximum absolute atomic E-state index is 10.2. The van der Waals surface area contributed by atoms with Gasteiger partial charge < -0.3 is 10.5 Å². The number of nitro groups is 1. The molecule has 0 unspecified atom stereocenters. The van der Waals surface area contributed by atoms with Crippen LogP contribution in [0.5, 0.6) is 5.75 Å². The smallest absolute Gasteiger partial charge is 0.271 e. The van der Waals surface area contributed by atoms with E-state index in [4.69, 9.17) is 10.9 Å². The average molecular weight is 169 g/mol. The number of hydrogen-bond acceptors (Lipinski definition) is 5. The van der Waals surface area contributed by atoms with E-state index >= 15 is 0 Å². The fourth-order valence-electron chi connectivity index (χ4n) is 0.753. The molecule has 1 aromatic carbocycles. The zero-order valence-electron chi connectivity index (χ0n) is 6.02. The van der Waals surface area contributed by atoms with E-state index in [1.807, 2.05) is 0 Å². The summed E-state index contributed by atoms with van der Waals surface area (Å²) in [5, 5.41) is 19.3. The number of phenols is 1. The Labute approximate surface area is 67.7 Å². The van der Waals surface area contributed by atoms with Crippen molar-refractivity contribution in [3.05, 3.63) is 28.3 Å². The topological polar surface area (TPSA) is 101 Å². The van der Waals surface area contributed by atoms with E-state index in [1.165, 1.54) is 12.1 Å². The summed E-state index contributed by atoms with van der Waals surface area (Å²) >= 11 is 0. The van der Waals surface area contributed by atoms with Gasteiger partial charge in [0.05, 0.1) is 10.6 Å². The lowest BCUT2D eigenvalue weighted by atomic mass is 10.2. The lowest BCUT2D eigenvalue weighted by Crippen LogP contribution is -2.07. The molecule has 6 heteroatoms. The number of non-ortho nitro benzene ring substituents is 1. The van der Waals surface area contributed by atoms with Crippen molar-refractivity contribution in [1.82, 2.24) is 0 Å². The molecule has 64 valence electrons. The maximum Gasteiger partial charge on any atom is 0.271 e. The molecule has 0 aromatic heterocycles. The van der Waals surface area contributed by atoms with Crippen LogP contribution in [0.2, 0.25) is 0 Å². The summed E-state index contributed by atoms with van der Waals surface area (Å²) in [6.45, 7) is 0. The van der Waals surface area contributed by atoms with E-state index in [1.54, 1.807) is 0 Å². The van der Waals surface area contributed by atoms with Crippen LogP contribution in [0.1, 0.15) is 0 Å². The molecule has 0 aliphatic heterocycles. The standard InChI is InChI=1S/C6H7N3O3/c7-8-5-3-4(9(11)12)1-2-6(5)10/h1-3,8,10H,7H2. The minimum absolute atomic E-state index is 0.122. The van der Waals surface area contributed by atoms with Crippen molar-refractivity contribution in [3.8, 4) is 5.75 Å². The van der Waals surface area contributed by atoms with Gasteiger partial charge >= 0.3 is 0 Å². The highest BCUT2D eigenvalue weighted by atomic mass is 16.6. The predicted octanol–water partition coefficient (Wildman–Crippen LogP) is 0.586. The van der Waals surface area contributed by atoms with Crippen molar-refractivity contribution in [3.63, 3.8) is 0 Å². The Kier molecular flexibility index (Phi) is 2.11. The summed E-state index contributed by atoms with van der Waals surface area (Å²) in [7, 11) is 0. The monoisotopic (exact) mass is 169 g/mol. The molecule has 1 rings (SSSR count). The van der Waals surface area contributed by atoms with Crippen LogP contribution in [0.3, 0.4) is 0 Å². The van der Waals surface area contributed by atoms with Crippen molar-refractivity contribution < 1.29 is 10.0 Å². The van der Waals surface area contributed by atoms with Gasteiger partial charge in [0.25, 0.3) is 5.69 Å². The van der Waals surface area contributed by atoms with Crippen molar-refractivity contribution in [1.29, 1.82) is 0 Å². The van der Waals surface area contributed by atoms with Gasteiger partial charge in [0, 0.05) is 12.1 Å². The van der Waals surface area contributed by atoms with Crippen LogP contribution in [0, 0.1) is 10.1 Å². The van der Waals surface area contributed by atoms with Gasteiger partial charge in [0.15, 0.2) is 0 Å². The Morgan fingerprint density at radius 2 is 2.25 bits per heavy atom. The van der Waals surface area contributed by atoms with Crippen LogP contribution in [-0.2, 0) is 0 Å². The largest absolute Gasteiger partial charge is 0.506 e. The number of hydrazine groups is 1. The first-order valence-electron chi connectivity index (χ1n) is 3.09. The second-order valence-electron chi connectivity index (χ2n) is 2.10.